The number of nitrogens with zero attached hydrogens (tertiary/aromatic N) is 2. The fourth-order valence-electron chi connectivity index (χ4n) is 3.04. The van der Waals surface area contributed by atoms with Gasteiger partial charge in [0.25, 0.3) is 0 Å². The third-order valence-electron chi connectivity index (χ3n) is 4.17. The Labute approximate surface area is 160 Å². The van der Waals surface area contributed by atoms with E-state index in [0.29, 0.717) is 11.8 Å². The van der Waals surface area contributed by atoms with E-state index in [1.165, 1.54) is 18.7 Å². The number of hydrogen-bond acceptors (Lipinski definition) is 4. The molecular weight excluding hydrogens is 364 g/mol. The van der Waals surface area contributed by atoms with E-state index in [9.17, 15) is 4.39 Å². The molecule has 1 fully saturated rings. The van der Waals surface area contributed by atoms with Crippen LogP contribution in [-0.4, -0.2) is 42.7 Å². The second-order valence-corrected chi connectivity index (χ2v) is 5.92. The highest BCUT2D eigenvalue weighted by molar-refractivity contribution is 5.85. The van der Waals surface area contributed by atoms with Crippen LogP contribution in [0.4, 0.5) is 4.39 Å². The van der Waals surface area contributed by atoms with Crippen LogP contribution in [0.3, 0.4) is 0 Å². The average molecular weight is 388 g/mol. The first-order chi connectivity index (χ1) is 11.2. The maximum absolute atomic E-state index is 13.5. The lowest BCUT2D eigenvalue weighted by atomic mass is 10.0. The number of nitrogens with one attached hydrogen (secondary N) is 1. The molecule has 1 aliphatic heterocycles. The maximum Gasteiger partial charge on any atom is 0.165 e. The van der Waals surface area contributed by atoms with Gasteiger partial charge < -0.3 is 10.1 Å². The molecule has 1 N–H and O–H groups in total. The third kappa shape index (κ3) is 6.12. The number of benzene rings is 1. The van der Waals surface area contributed by atoms with Crippen LogP contribution in [0.25, 0.3) is 0 Å². The fourth-order valence-corrected chi connectivity index (χ4v) is 3.04. The number of pyridine rings is 1. The lowest BCUT2D eigenvalue weighted by Crippen LogP contribution is -2.51. The van der Waals surface area contributed by atoms with Crippen LogP contribution >= 0.6 is 24.8 Å². The molecule has 1 aromatic carbocycles. The van der Waals surface area contributed by atoms with E-state index in [4.69, 9.17) is 4.74 Å². The molecule has 138 valence electrons. The van der Waals surface area contributed by atoms with E-state index in [1.54, 1.807) is 12.3 Å². The van der Waals surface area contributed by atoms with Crippen molar-refractivity contribution in [1.82, 2.24) is 15.2 Å². The minimum atomic E-state index is -0.314. The first kappa shape index (κ1) is 21.6. The molecule has 25 heavy (non-hydrogen) atoms. The van der Waals surface area contributed by atoms with Crippen molar-refractivity contribution in [2.45, 2.75) is 19.0 Å². The standard InChI is InChI=1S/C18H22FN3O.2ClH/c1-23-18-10-14(4-5-17(18)19)9-16-13-22(8-7-21-16)12-15-3-2-6-20-11-15;;/h2-6,10-11,16,21H,7-9,12-13H2,1H3;2*1H. The molecule has 0 saturated carbocycles. The summed E-state index contributed by atoms with van der Waals surface area (Å²) >= 11 is 0. The predicted molar refractivity (Wildman–Crippen MR) is 102 cm³/mol. The van der Waals surface area contributed by atoms with Crippen LogP contribution in [0.2, 0.25) is 0 Å². The summed E-state index contributed by atoms with van der Waals surface area (Å²) in [5.41, 5.74) is 2.32. The number of rotatable bonds is 5. The van der Waals surface area contributed by atoms with Crippen LogP contribution in [0.1, 0.15) is 11.1 Å². The minimum absolute atomic E-state index is 0. The number of aromatic nitrogens is 1. The Kier molecular flexibility index (Phi) is 9.14. The molecule has 3 rings (SSSR count). The quantitative estimate of drug-likeness (QED) is 0.855. The number of ether oxygens (including phenoxy) is 1. The normalized spacial score (nSPS) is 17.3. The van der Waals surface area contributed by atoms with E-state index >= 15 is 0 Å². The van der Waals surface area contributed by atoms with Crippen molar-refractivity contribution in [2.75, 3.05) is 26.7 Å². The summed E-state index contributed by atoms with van der Waals surface area (Å²) in [7, 11) is 1.50. The van der Waals surface area contributed by atoms with Gasteiger partial charge in [0, 0.05) is 44.6 Å². The van der Waals surface area contributed by atoms with Gasteiger partial charge in [-0.2, -0.15) is 0 Å². The van der Waals surface area contributed by atoms with E-state index in [0.717, 1.165) is 38.2 Å². The monoisotopic (exact) mass is 387 g/mol. The number of methoxy groups -OCH3 is 1. The SMILES string of the molecule is COc1cc(CC2CN(Cc3cccnc3)CCN2)ccc1F.Cl.Cl. The van der Waals surface area contributed by atoms with Gasteiger partial charge in [0.05, 0.1) is 7.11 Å². The summed E-state index contributed by atoms with van der Waals surface area (Å²) in [5.74, 6) is -0.00316. The molecule has 4 nitrogen and oxygen atoms in total. The topological polar surface area (TPSA) is 37.4 Å². The van der Waals surface area contributed by atoms with Gasteiger partial charge in [-0.1, -0.05) is 12.1 Å². The number of piperazine rings is 1. The Bertz CT molecular complexity index is 645. The lowest BCUT2D eigenvalue weighted by molar-refractivity contribution is 0.191. The largest absolute Gasteiger partial charge is 0.494 e. The van der Waals surface area contributed by atoms with E-state index in [1.807, 2.05) is 18.3 Å². The first-order valence-corrected chi connectivity index (χ1v) is 7.91. The van der Waals surface area contributed by atoms with E-state index in [-0.39, 0.29) is 30.6 Å². The molecular formula is C18H24Cl2FN3O. The smallest absolute Gasteiger partial charge is 0.165 e. The van der Waals surface area contributed by atoms with Crippen LogP contribution in [0, 0.1) is 5.82 Å². The summed E-state index contributed by atoms with van der Waals surface area (Å²) in [4.78, 5) is 6.60. The zero-order chi connectivity index (χ0) is 16.1. The summed E-state index contributed by atoms with van der Waals surface area (Å²) in [6.07, 6.45) is 4.58. The second kappa shape index (κ2) is 10.6. The molecule has 2 heterocycles. The summed E-state index contributed by atoms with van der Waals surface area (Å²) < 4.78 is 18.6. The van der Waals surface area contributed by atoms with Crippen molar-refractivity contribution in [3.05, 3.63) is 59.7 Å². The Hall–Kier alpha value is -1.40. The fraction of sp³-hybridized carbons (Fsp3) is 0.389. The number of hydrogen-bond donors (Lipinski definition) is 1. The highest BCUT2D eigenvalue weighted by Crippen LogP contribution is 2.20. The molecule has 1 aromatic heterocycles. The van der Waals surface area contributed by atoms with E-state index in [2.05, 4.69) is 21.3 Å². The highest BCUT2D eigenvalue weighted by atomic mass is 35.5. The lowest BCUT2D eigenvalue weighted by Gasteiger charge is -2.33. The summed E-state index contributed by atoms with van der Waals surface area (Å²) in [5, 5.41) is 3.54. The zero-order valence-corrected chi connectivity index (χ0v) is 15.8. The van der Waals surface area contributed by atoms with E-state index < -0.39 is 0 Å². The first-order valence-electron chi connectivity index (χ1n) is 7.91. The van der Waals surface area contributed by atoms with Crippen molar-refractivity contribution in [2.24, 2.45) is 0 Å². The molecule has 0 amide bonds. The molecule has 1 aliphatic rings. The van der Waals surface area contributed by atoms with Gasteiger partial charge in [0.2, 0.25) is 0 Å². The van der Waals surface area contributed by atoms with Gasteiger partial charge in [-0.05, 0) is 35.7 Å². The molecule has 0 aliphatic carbocycles. The second-order valence-electron chi connectivity index (χ2n) is 5.92. The van der Waals surface area contributed by atoms with Crippen LogP contribution in [-0.2, 0) is 13.0 Å². The van der Waals surface area contributed by atoms with Crippen LogP contribution in [0.5, 0.6) is 5.75 Å². The molecule has 0 bridgehead atoms. The molecule has 1 saturated heterocycles. The Morgan fingerprint density at radius 1 is 1.28 bits per heavy atom. The molecule has 1 unspecified atom stereocenters. The van der Waals surface area contributed by atoms with Gasteiger partial charge in [0.1, 0.15) is 0 Å². The number of halogens is 3. The molecule has 7 heteroatoms. The van der Waals surface area contributed by atoms with Crippen molar-refractivity contribution >= 4 is 24.8 Å². The minimum Gasteiger partial charge on any atom is -0.494 e. The zero-order valence-electron chi connectivity index (χ0n) is 14.2. The van der Waals surface area contributed by atoms with Gasteiger partial charge >= 0.3 is 0 Å². The van der Waals surface area contributed by atoms with Gasteiger partial charge in [-0.15, -0.1) is 24.8 Å². The van der Waals surface area contributed by atoms with Crippen molar-refractivity contribution in [3.63, 3.8) is 0 Å². The Morgan fingerprint density at radius 3 is 2.84 bits per heavy atom. The van der Waals surface area contributed by atoms with Crippen molar-refractivity contribution < 1.29 is 9.13 Å². The van der Waals surface area contributed by atoms with Crippen LogP contribution < -0.4 is 10.1 Å². The Balaban J connectivity index is 0.00000156. The summed E-state index contributed by atoms with van der Waals surface area (Å²) in [6, 6.07) is 9.53. The third-order valence-corrected chi connectivity index (χ3v) is 4.17. The predicted octanol–water partition coefficient (Wildman–Crippen LogP) is 3.09. The summed E-state index contributed by atoms with van der Waals surface area (Å²) in [6.45, 7) is 3.87. The van der Waals surface area contributed by atoms with Gasteiger partial charge in [-0.25, -0.2) is 4.39 Å². The molecule has 0 spiro atoms. The van der Waals surface area contributed by atoms with Crippen molar-refractivity contribution in [3.8, 4) is 5.75 Å². The molecule has 2 aromatic rings. The maximum atomic E-state index is 13.5. The van der Waals surface area contributed by atoms with Gasteiger partial charge in [0.15, 0.2) is 11.6 Å². The highest BCUT2D eigenvalue weighted by Gasteiger charge is 2.20. The molecule has 1 atom stereocenters. The molecule has 0 radical (unpaired) electrons. The average Bonchev–Trinajstić information content (AvgIpc) is 2.58. The Morgan fingerprint density at radius 2 is 2.12 bits per heavy atom. The van der Waals surface area contributed by atoms with Crippen LogP contribution in [0.15, 0.2) is 42.7 Å². The van der Waals surface area contributed by atoms with Crippen molar-refractivity contribution in [1.29, 1.82) is 0 Å². The van der Waals surface area contributed by atoms with Gasteiger partial charge in [-0.3, -0.25) is 9.88 Å².